The first kappa shape index (κ1) is 55.8. The number of hydrogen-bond acceptors (Lipinski definition) is 15. The maximum atomic E-state index is 14.4. The van der Waals surface area contributed by atoms with Gasteiger partial charge in [-0.2, -0.15) is 9.13 Å². The van der Waals surface area contributed by atoms with E-state index in [4.69, 9.17) is 37.3 Å². The fourth-order valence-electron chi connectivity index (χ4n) is 9.41. The first-order valence-electron chi connectivity index (χ1n) is 24.3. The molecular weight excluding hydrogens is 1010 g/mol. The van der Waals surface area contributed by atoms with Crippen LogP contribution in [0.2, 0.25) is 0 Å². The van der Waals surface area contributed by atoms with Crippen molar-refractivity contribution in [1.29, 1.82) is 0 Å². The molecule has 2 aliphatic rings. The molecule has 1 N–H and O–H groups in total. The summed E-state index contributed by atoms with van der Waals surface area (Å²) in [5.74, 6) is -0.394. The summed E-state index contributed by atoms with van der Waals surface area (Å²) in [7, 11) is 2.21. The van der Waals surface area contributed by atoms with Crippen LogP contribution in [0.4, 0.5) is 0 Å². The van der Waals surface area contributed by atoms with Crippen LogP contribution in [-0.2, 0) is 33.4 Å². The second kappa shape index (κ2) is 24.3. The van der Waals surface area contributed by atoms with Gasteiger partial charge >= 0.3 is 20.0 Å². The van der Waals surface area contributed by atoms with E-state index >= 15 is 0 Å². The van der Waals surface area contributed by atoms with Crippen molar-refractivity contribution >= 4 is 28.8 Å². The Balaban J connectivity index is 0.00000784. The van der Waals surface area contributed by atoms with E-state index in [0.717, 1.165) is 21.3 Å². The molecule has 0 spiro atoms. The number of rotatable bonds is 18. The van der Waals surface area contributed by atoms with Crippen LogP contribution in [0, 0.1) is 13.8 Å². The highest BCUT2D eigenvalue weighted by Gasteiger charge is 2.45. The Morgan fingerprint density at radius 1 is 0.597 bits per heavy atom. The molecule has 5 aromatic carbocycles. The second-order valence-electron chi connectivity index (χ2n) is 18.1. The molecule has 21 heteroatoms. The maximum absolute atomic E-state index is 14.4. The van der Waals surface area contributed by atoms with E-state index in [1.165, 1.54) is 62.2 Å². The average Bonchev–Trinajstić information content (AvgIpc) is 4.05. The van der Waals surface area contributed by atoms with Crippen molar-refractivity contribution in [3.63, 3.8) is 0 Å². The zero-order valence-electron chi connectivity index (χ0n) is 42.7. The second-order valence-corrected chi connectivity index (χ2v) is 19.4. The van der Waals surface area contributed by atoms with Gasteiger partial charge < -0.3 is 42.4 Å². The summed E-state index contributed by atoms with van der Waals surface area (Å²) in [5.41, 5.74) is -2.10. The SMILES string of the molecule is COc1ccc(C(OC[C@H]2O[C@@H](n3cc(C)c(=O)n(C(=O)c4ccccc4)c3=O)C[C@@H]2OP(OC)OC[C@H]2O[C@@H](n3cc(C)c(=O)n(C(=O)c4ccccc4)c3=O)C[C@@H]2O)(c2ccccc2)c2ccc(OC)cc2)cc1.[B]. The molecule has 2 fully saturated rings. The van der Waals surface area contributed by atoms with Crippen LogP contribution in [0.15, 0.2) is 171 Å². The van der Waals surface area contributed by atoms with Crippen molar-refractivity contribution in [3.05, 3.63) is 233 Å². The third kappa shape index (κ3) is 11.4. The summed E-state index contributed by atoms with van der Waals surface area (Å²) in [4.78, 5) is 82.1. The van der Waals surface area contributed by atoms with Gasteiger partial charge in [0.1, 0.15) is 41.8 Å². The average molecular weight is 1070 g/mol. The van der Waals surface area contributed by atoms with Crippen molar-refractivity contribution < 1.29 is 52.0 Å². The molecule has 2 aliphatic heterocycles. The minimum Gasteiger partial charge on any atom is -0.497 e. The van der Waals surface area contributed by atoms with Crippen molar-refractivity contribution in [3.8, 4) is 11.5 Å². The van der Waals surface area contributed by atoms with Crippen LogP contribution >= 0.6 is 8.60 Å². The Hall–Kier alpha value is -7.39. The highest BCUT2D eigenvalue weighted by atomic mass is 31.2. The molecule has 397 valence electrons. The van der Waals surface area contributed by atoms with Crippen molar-refractivity contribution in [1.82, 2.24) is 18.3 Å². The predicted octanol–water partition coefficient (Wildman–Crippen LogP) is 5.88. The van der Waals surface area contributed by atoms with E-state index in [-0.39, 0.29) is 56.7 Å². The van der Waals surface area contributed by atoms with Gasteiger partial charge in [0.15, 0.2) is 0 Å². The van der Waals surface area contributed by atoms with Crippen LogP contribution in [0.25, 0.3) is 0 Å². The van der Waals surface area contributed by atoms with Gasteiger partial charge in [-0.1, -0.05) is 91.0 Å². The fraction of sp³-hybridized carbons (Fsp3) is 0.286. The summed E-state index contributed by atoms with van der Waals surface area (Å²) in [6.45, 7) is 2.47. The van der Waals surface area contributed by atoms with Gasteiger partial charge in [-0.15, -0.1) is 0 Å². The van der Waals surface area contributed by atoms with Gasteiger partial charge in [0, 0.05) is 63.0 Å². The lowest BCUT2D eigenvalue weighted by molar-refractivity contribution is -0.0939. The Morgan fingerprint density at radius 3 is 1.48 bits per heavy atom. The van der Waals surface area contributed by atoms with Gasteiger partial charge in [0.05, 0.1) is 39.6 Å². The number of benzene rings is 5. The molecule has 0 saturated carbocycles. The quantitative estimate of drug-likeness (QED) is 0.0603. The number of ether oxygens (including phenoxy) is 5. The molecule has 0 aliphatic carbocycles. The lowest BCUT2D eigenvalue weighted by Gasteiger charge is -2.37. The van der Waals surface area contributed by atoms with Crippen LogP contribution in [0.5, 0.6) is 11.5 Å². The number of aliphatic hydroxyl groups excluding tert-OH is 1. The molecule has 0 amide bonds. The first-order valence-corrected chi connectivity index (χ1v) is 25.4. The Labute approximate surface area is 445 Å². The number of aryl methyl sites for hydroxylation is 2. The maximum Gasteiger partial charge on any atom is 0.340 e. The molecule has 7 aromatic rings. The fourth-order valence-corrected chi connectivity index (χ4v) is 10.4. The molecular formula is C56H55BN4O15P. The Morgan fingerprint density at radius 2 is 1.03 bits per heavy atom. The van der Waals surface area contributed by atoms with E-state index in [9.17, 15) is 33.9 Å². The van der Waals surface area contributed by atoms with E-state index < -0.39 is 85.4 Å². The highest BCUT2D eigenvalue weighted by molar-refractivity contribution is 7.41. The number of carbonyl (C=O) groups is 2. The molecule has 19 nitrogen and oxygen atoms in total. The highest BCUT2D eigenvalue weighted by Crippen LogP contribution is 2.47. The third-order valence-electron chi connectivity index (χ3n) is 13.4. The number of hydrogen-bond donors (Lipinski definition) is 1. The molecule has 1 unspecified atom stereocenters. The Bertz CT molecular complexity index is 3380. The van der Waals surface area contributed by atoms with Crippen LogP contribution in [0.1, 0.15) is 73.8 Å². The minimum atomic E-state index is -2.30. The van der Waals surface area contributed by atoms with Crippen molar-refractivity contribution in [2.45, 2.75) is 69.2 Å². The summed E-state index contributed by atoms with van der Waals surface area (Å²) >= 11 is 0. The third-order valence-corrected chi connectivity index (χ3v) is 14.5. The van der Waals surface area contributed by atoms with E-state index in [0.29, 0.717) is 20.6 Å². The van der Waals surface area contributed by atoms with Gasteiger partial charge in [-0.05, 0) is 79.1 Å². The summed E-state index contributed by atoms with van der Waals surface area (Å²) in [6, 6.07) is 40.4. The monoisotopic (exact) mass is 1070 g/mol. The number of aromatic nitrogens is 4. The molecule has 7 atom stereocenters. The van der Waals surface area contributed by atoms with Crippen LogP contribution in [-0.4, -0.2) is 103 Å². The van der Waals surface area contributed by atoms with Crippen LogP contribution in [0.3, 0.4) is 0 Å². The van der Waals surface area contributed by atoms with Crippen molar-refractivity contribution in [2.24, 2.45) is 0 Å². The van der Waals surface area contributed by atoms with Crippen molar-refractivity contribution in [2.75, 3.05) is 34.5 Å². The minimum absolute atomic E-state index is 0. The molecule has 4 heterocycles. The number of carbonyl (C=O) groups excluding carboxylic acids is 2. The predicted molar refractivity (Wildman–Crippen MR) is 284 cm³/mol. The normalized spacial score (nSPS) is 19.6. The number of nitrogens with zero attached hydrogens (tertiary/aromatic N) is 4. The summed E-state index contributed by atoms with van der Waals surface area (Å²) < 4.78 is 53.2. The summed E-state index contributed by atoms with van der Waals surface area (Å²) in [5, 5.41) is 11.3. The Kier molecular flexibility index (Phi) is 17.6. The number of aliphatic hydroxyl groups is 1. The van der Waals surface area contributed by atoms with E-state index in [1.54, 1.807) is 50.6 Å². The molecule has 0 bridgehead atoms. The molecule has 2 aromatic heterocycles. The van der Waals surface area contributed by atoms with Gasteiger partial charge in [-0.25, -0.2) is 9.59 Å². The van der Waals surface area contributed by atoms with Gasteiger partial charge in [0.2, 0.25) is 0 Å². The first-order chi connectivity index (χ1) is 36.8. The van der Waals surface area contributed by atoms with Gasteiger partial charge in [-0.3, -0.25) is 28.3 Å². The number of methoxy groups -OCH3 is 2. The molecule has 3 radical (unpaired) electrons. The molecule has 2 saturated heterocycles. The van der Waals surface area contributed by atoms with Crippen LogP contribution < -0.4 is 32.0 Å². The largest absolute Gasteiger partial charge is 0.497 e. The standard InChI is InChI=1S/C56H55N4O15P.B/c1-35-31-57(54(66)59(50(35)62)52(64)37-15-9-6-10-16-37)48-29-44(61)46(73-48)34-72-76(70-5)75-45-30-49(58-32-36(2)51(63)60(55(58)67)53(65)38-17-11-7-12-18-38)74-47(45)33-71-56(39-19-13-8-14-20-39,40-21-25-42(68-3)26-22-40)41-23-27-43(69-4)28-24-41;/h6-28,31-32,44-49,61H,29-30,33-34H2,1-5H3;/t44-,45-,46+,47+,48+,49+,76?;/m0./s1. The zero-order valence-corrected chi connectivity index (χ0v) is 43.6. The lowest BCUT2D eigenvalue weighted by atomic mass is 9.80. The molecule has 9 rings (SSSR count). The summed E-state index contributed by atoms with van der Waals surface area (Å²) in [6.07, 6.45) is -3.88. The topological polar surface area (TPSA) is 216 Å². The lowest BCUT2D eigenvalue weighted by Crippen LogP contribution is -2.45. The van der Waals surface area contributed by atoms with Gasteiger partial charge in [0.25, 0.3) is 22.9 Å². The van der Waals surface area contributed by atoms with E-state index in [2.05, 4.69) is 0 Å². The van der Waals surface area contributed by atoms with E-state index in [1.807, 2.05) is 78.9 Å². The molecule has 77 heavy (non-hydrogen) atoms. The smallest absolute Gasteiger partial charge is 0.340 e. The zero-order chi connectivity index (χ0) is 53.7.